The van der Waals surface area contributed by atoms with Gasteiger partial charge in [-0.15, -0.1) is 0 Å². The molecule has 0 spiro atoms. The summed E-state index contributed by atoms with van der Waals surface area (Å²) in [6, 6.07) is 14.7. The van der Waals surface area contributed by atoms with Gasteiger partial charge in [0.05, 0.1) is 27.1 Å². The van der Waals surface area contributed by atoms with Crippen molar-refractivity contribution in [2.75, 3.05) is 31.3 Å². The van der Waals surface area contributed by atoms with Gasteiger partial charge in [-0.25, -0.2) is 9.48 Å². The van der Waals surface area contributed by atoms with Crippen LogP contribution in [0.2, 0.25) is 10.0 Å². The molecule has 0 aliphatic rings. The van der Waals surface area contributed by atoms with Crippen LogP contribution in [-0.2, 0) is 11.8 Å². The molecule has 1 heterocycles. The van der Waals surface area contributed by atoms with Crippen LogP contribution in [0, 0.1) is 0 Å². The molecule has 0 aliphatic carbocycles. The van der Waals surface area contributed by atoms with E-state index in [4.69, 9.17) is 28.3 Å². The zero-order valence-corrected chi connectivity index (χ0v) is 20.6. The van der Waals surface area contributed by atoms with E-state index in [2.05, 4.69) is 62.5 Å². The summed E-state index contributed by atoms with van der Waals surface area (Å²) in [5.74, 6) is 0.565. The van der Waals surface area contributed by atoms with Crippen LogP contribution in [0.5, 0.6) is 0 Å². The molecule has 0 saturated carbocycles. The van der Waals surface area contributed by atoms with Gasteiger partial charge in [-0.3, -0.25) is 5.32 Å². The van der Waals surface area contributed by atoms with Crippen molar-refractivity contribution in [1.29, 1.82) is 0 Å². The van der Waals surface area contributed by atoms with E-state index in [0.717, 1.165) is 24.3 Å². The third-order valence-corrected chi connectivity index (χ3v) is 5.74. The monoisotopic (exact) mass is 473 g/mol. The van der Waals surface area contributed by atoms with E-state index in [-0.39, 0.29) is 5.41 Å². The summed E-state index contributed by atoms with van der Waals surface area (Å²) in [5, 5.41) is 11.1. The Bertz CT molecular complexity index is 1100. The highest BCUT2D eigenvalue weighted by atomic mass is 35.5. The Morgan fingerprint density at radius 1 is 1.06 bits per heavy atom. The number of rotatable bonds is 6. The fraction of sp³-hybridized carbons (Fsp3) is 0.333. The van der Waals surface area contributed by atoms with E-state index < -0.39 is 6.03 Å². The largest absolute Gasteiger partial charge is 0.324 e. The van der Waals surface area contributed by atoms with E-state index in [1.54, 1.807) is 22.9 Å². The average molecular weight is 474 g/mol. The van der Waals surface area contributed by atoms with E-state index >= 15 is 0 Å². The second-order valence-electron chi connectivity index (χ2n) is 8.98. The number of hydrogen-bond acceptors (Lipinski definition) is 3. The van der Waals surface area contributed by atoms with Gasteiger partial charge in [0.2, 0.25) is 0 Å². The second-order valence-corrected chi connectivity index (χ2v) is 9.77. The second kappa shape index (κ2) is 9.94. The molecule has 2 amide bonds. The Labute approximate surface area is 199 Å². The molecule has 3 aromatic rings. The molecule has 2 N–H and O–H groups in total. The van der Waals surface area contributed by atoms with Crippen LogP contribution in [-0.4, -0.2) is 41.4 Å². The van der Waals surface area contributed by atoms with Crippen LogP contribution in [0.25, 0.3) is 5.69 Å². The smallest absolute Gasteiger partial charge is 0.309 e. The Morgan fingerprint density at radius 2 is 1.78 bits per heavy atom. The summed E-state index contributed by atoms with van der Waals surface area (Å²) in [6.45, 7) is 7.21. The maximum absolute atomic E-state index is 12.8. The lowest BCUT2D eigenvalue weighted by molar-refractivity contribution is 0.262. The predicted molar refractivity (Wildman–Crippen MR) is 134 cm³/mol. The number of aromatic nitrogens is 2. The molecular weight excluding hydrogens is 445 g/mol. The molecule has 2 aromatic carbocycles. The molecule has 0 saturated heterocycles. The molecule has 0 atom stereocenters. The number of nitrogens with zero attached hydrogens (tertiary/aromatic N) is 3. The number of halogens is 2. The van der Waals surface area contributed by atoms with Crippen LogP contribution in [0.15, 0.2) is 48.5 Å². The van der Waals surface area contributed by atoms with Crippen LogP contribution in [0.4, 0.5) is 16.3 Å². The number of carbonyl (C=O) groups is 1. The van der Waals surface area contributed by atoms with Gasteiger partial charge >= 0.3 is 6.03 Å². The SMILES string of the molecule is CN(C)CCc1cccc(-n2nc(C(C)(C)C)cc2NC(=O)Nc2cccc(Cl)c2Cl)c1. The van der Waals surface area contributed by atoms with Gasteiger partial charge in [0.15, 0.2) is 0 Å². The molecule has 32 heavy (non-hydrogen) atoms. The molecular formula is C24H29Cl2N5O. The number of likely N-dealkylation sites (N-methyl/N-ethyl adjacent to an activating group) is 1. The van der Waals surface area contributed by atoms with Crippen molar-refractivity contribution in [3.63, 3.8) is 0 Å². The fourth-order valence-electron chi connectivity index (χ4n) is 3.10. The number of anilines is 2. The van der Waals surface area contributed by atoms with E-state index in [9.17, 15) is 4.79 Å². The molecule has 0 radical (unpaired) electrons. The molecule has 3 rings (SSSR count). The Morgan fingerprint density at radius 3 is 2.47 bits per heavy atom. The summed E-state index contributed by atoms with van der Waals surface area (Å²) in [7, 11) is 4.11. The number of amides is 2. The first kappa shape index (κ1) is 24.1. The maximum atomic E-state index is 12.8. The first-order chi connectivity index (χ1) is 15.0. The van der Waals surface area contributed by atoms with Gasteiger partial charge in [-0.2, -0.15) is 5.10 Å². The molecule has 170 valence electrons. The molecule has 8 heteroatoms. The topological polar surface area (TPSA) is 62.2 Å². The van der Waals surface area contributed by atoms with Crippen molar-refractivity contribution in [2.24, 2.45) is 0 Å². The lowest BCUT2D eigenvalue weighted by Gasteiger charge is -2.14. The minimum Gasteiger partial charge on any atom is -0.309 e. The number of benzene rings is 2. The number of nitrogens with one attached hydrogen (secondary N) is 2. The molecule has 1 aromatic heterocycles. The highest BCUT2D eigenvalue weighted by Gasteiger charge is 2.22. The van der Waals surface area contributed by atoms with Crippen molar-refractivity contribution < 1.29 is 4.79 Å². The highest BCUT2D eigenvalue weighted by molar-refractivity contribution is 6.44. The summed E-state index contributed by atoms with van der Waals surface area (Å²) in [6.07, 6.45) is 0.921. The minimum absolute atomic E-state index is 0.184. The summed E-state index contributed by atoms with van der Waals surface area (Å²) < 4.78 is 1.76. The van der Waals surface area contributed by atoms with Crippen molar-refractivity contribution in [1.82, 2.24) is 14.7 Å². The van der Waals surface area contributed by atoms with Crippen LogP contribution >= 0.6 is 23.2 Å². The van der Waals surface area contributed by atoms with Gasteiger partial charge in [0, 0.05) is 18.0 Å². The van der Waals surface area contributed by atoms with E-state index in [1.165, 1.54) is 5.56 Å². The molecule has 0 unspecified atom stereocenters. The van der Waals surface area contributed by atoms with Crippen molar-refractivity contribution >= 4 is 40.7 Å². The van der Waals surface area contributed by atoms with Gasteiger partial charge < -0.3 is 10.2 Å². The molecule has 6 nitrogen and oxygen atoms in total. The quantitative estimate of drug-likeness (QED) is 0.446. The van der Waals surface area contributed by atoms with E-state index in [0.29, 0.717) is 21.6 Å². The lowest BCUT2D eigenvalue weighted by atomic mass is 9.92. The van der Waals surface area contributed by atoms with Crippen LogP contribution < -0.4 is 10.6 Å². The number of carbonyl (C=O) groups excluding carboxylic acids is 1. The van der Waals surface area contributed by atoms with Crippen LogP contribution in [0.3, 0.4) is 0 Å². The van der Waals surface area contributed by atoms with Crippen molar-refractivity contribution in [2.45, 2.75) is 32.6 Å². The minimum atomic E-state index is -0.431. The predicted octanol–water partition coefficient (Wildman–Crippen LogP) is 6.22. The number of urea groups is 1. The standard InChI is InChI=1S/C24H29Cl2N5O/c1-24(2,3)20-15-21(28-23(32)27-19-11-7-10-18(25)22(19)26)31(29-20)17-9-6-8-16(14-17)12-13-30(4)5/h6-11,14-15H,12-13H2,1-5H3,(H2,27,28,32). The summed E-state index contributed by atoms with van der Waals surface area (Å²) in [4.78, 5) is 14.9. The van der Waals surface area contributed by atoms with E-state index in [1.807, 2.05) is 18.2 Å². The first-order valence-corrected chi connectivity index (χ1v) is 11.2. The molecule has 0 bridgehead atoms. The van der Waals surface area contributed by atoms with Gasteiger partial charge in [-0.05, 0) is 50.3 Å². The maximum Gasteiger partial charge on any atom is 0.324 e. The average Bonchev–Trinajstić information content (AvgIpc) is 3.14. The molecule has 0 aliphatic heterocycles. The van der Waals surface area contributed by atoms with Gasteiger partial charge in [-0.1, -0.05) is 62.2 Å². The van der Waals surface area contributed by atoms with Crippen LogP contribution in [0.1, 0.15) is 32.0 Å². The Balaban J connectivity index is 1.91. The van der Waals surface area contributed by atoms with Gasteiger partial charge in [0.1, 0.15) is 5.82 Å². The molecule has 0 fully saturated rings. The zero-order valence-electron chi connectivity index (χ0n) is 19.0. The third-order valence-electron chi connectivity index (χ3n) is 4.92. The number of hydrogen-bond donors (Lipinski definition) is 2. The zero-order chi connectivity index (χ0) is 23.5. The Hall–Kier alpha value is -2.54. The van der Waals surface area contributed by atoms with Crippen molar-refractivity contribution in [3.05, 3.63) is 69.8 Å². The lowest BCUT2D eigenvalue weighted by Crippen LogP contribution is -2.21. The van der Waals surface area contributed by atoms with Gasteiger partial charge in [0.25, 0.3) is 0 Å². The third kappa shape index (κ3) is 6.03. The summed E-state index contributed by atoms with van der Waals surface area (Å²) in [5.41, 5.74) is 3.20. The first-order valence-electron chi connectivity index (χ1n) is 10.4. The normalized spacial score (nSPS) is 11.6. The Kier molecular flexibility index (Phi) is 7.49. The highest BCUT2D eigenvalue weighted by Crippen LogP contribution is 2.30. The van der Waals surface area contributed by atoms with Crippen molar-refractivity contribution in [3.8, 4) is 5.69 Å². The summed E-state index contributed by atoms with van der Waals surface area (Å²) >= 11 is 12.3. The fourth-order valence-corrected chi connectivity index (χ4v) is 3.45.